The van der Waals surface area contributed by atoms with Gasteiger partial charge in [0.1, 0.15) is 5.54 Å². The van der Waals surface area contributed by atoms with Crippen molar-refractivity contribution in [2.45, 2.75) is 57.2 Å². The van der Waals surface area contributed by atoms with Crippen LogP contribution in [0.2, 0.25) is 0 Å². The van der Waals surface area contributed by atoms with E-state index >= 15 is 0 Å². The summed E-state index contributed by atoms with van der Waals surface area (Å²) in [5.41, 5.74) is 0.477. The number of hydrogen-bond donors (Lipinski definition) is 1. The highest BCUT2D eigenvalue weighted by Crippen LogP contribution is 2.28. The normalized spacial score (nSPS) is 26.0. The summed E-state index contributed by atoms with van der Waals surface area (Å²) in [5, 5.41) is 13.0. The second-order valence-electron chi connectivity index (χ2n) is 6.25. The molecule has 21 heavy (non-hydrogen) atoms. The lowest BCUT2D eigenvalue weighted by molar-refractivity contribution is 0.0942. The first-order valence-electron chi connectivity index (χ1n) is 8.04. The Morgan fingerprint density at radius 3 is 2.38 bits per heavy atom. The number of piperidine rings is 1. The molecular weight excluding hydrogens is 258 g/mol. The van der Waals surface area contributed by atoms with Crippen molar-refractivity contribution >= 4 is 0 Å². The van der Waals surface area contributed by atoms with Crippen molar-refractivity contribution in [1.29, 1.82) is 5.26 Å². The number of benzene rings is 1. The fraction of sp³-hybridized carbons (Fsp3) is 0.611. The molecule has 1 aromatic carbocycles. The Hall–Kier alpha value is -1.37. The van der Waals surface area contributed by atoms with Gasteiger partial charge in [0.05, 0.1) is 6.07 Å². The summed E-state index contributed by atoms with van der Waals surface area (Å²) >= 11 is 0. The molecule has 1 fully saturated rings. The number of hydrogen-bond acceptors (Lipinski definition) is 3. The van der Waals surface area contributed by atoms with E-state index in [2.05, 4.69) is 30.1 Å². The van der Waals surface area contributed by atoms with Crippen LogP contribution in [0.5, 0.6) is 0 Å². The molecule has 1 saturated heterocycles. The highest BCUT2D eigenvalue weighted by atomic mass is 15.2. The maximum atomic E-state index is 9.76. The molecule has 0 radical (unpaired) electrons. The van der Waals surface area contributed by atoms with E-state index in [1.54, 1.807) is 0 Å². The minimum atomic E-state index is -0.585. The molecule has 1 aliphatic heterocycles. The van der Waals surface area contributed by atoms with Crippen LogP contribution in [0.1, 0.15) is 45.1 Å². The summed E-state index contributed by atoms with van der Waals surface area (Å²) in [6.07, 6.45) is 4.69. The van der Waals surface area contributed by atoms with Crippen molar-refractivity contribution in [3.05, 3.63) is 35.9 Å². The molecule has 2 rings (SSSR count). The van der Waals surface area contributed by atoms with Gasteiger partial charge in [-0.2, -0.15) is 5.26 Å². The largest absolute Gasteiger partial charge is 0.299 e. The molecule has 114 valence electrons. The highest BCUT2D eigenvalue weighted by Gasteiger charge is 2.33. The zero-order chi connectivity index (χ0) is 15.3. The van der Waals surface area contributed by atoms with Gasteiger partial charge in [-0.05, 0) is 45.7 Å². The Kier molecular flexibility index (Phi) is 5.39. The molecule has 3 heteroatoms. The standard InChI is InChI=1S/C18H27N3/c1-15-8-7-9-16(2)21(15)13-12-18(14-19,20-3)17-10-5-4-6-11-17/h4-6,10-11,15-16,20H,7-9,12-13H2,1-3H3. The lowest BCUT2D eigenvalue weighted by atomic mass is 9.87. The van der Waals surface area contributed by atoms with Crippen LogP contribution < -0.4 is 5.32 Å². The van der Waals surface area contributed by atoms with E-state index in [1.165, 1.54) is 19.3 Å². The molecule has 1 N–H and O–H groups in total. The van der Waals surface area contributed by atoms with Crippen molar-refractivity contribution in [2.24, 2.45) is 0 Å². The highest BCUT2D eigenvalue weighted by molar-refractivity contribution is 5.31. The zero-order valence-corrected chi connectivity index (χ0v) is 13.5. The fourth-order valence-corrected chi connectivity index (χ4v) is 3.53. The molecule has 0 aliphatic carbocycles. The molecule has 3 nitrogen and oxygen atoms in total. The topological polar surface area (TPSA) is 39.1 Å². The van der Waals surface area contributed by atoms with Crippen LogP contribution in [-0.4, -0.2) is 30.6 Å². The van der Waals surface area contributed by atoms with E-state index < -0.39 is 5.54 Å². The number of nitriles is 1. The first-order valence-corrected chi connectivity index (χ1v) is 8.04. The minimum absolute atomic E-state index is 0.585. The van der Waals surface area contributed by atoms with Crippen LogP contribution >= 0.6 is 0 Å². The molecule has 1 aliphatic rings. The number of likely N-dealkylation sites (tertiary alicyclic amines) is 1. The first-order chi connectivity index (χ1) is 10.1. The molecule has 3 unspecified atom stereocenters. The van der Waals surface area contributed by atoms with Gasteiger partial charge < -0.3 is 0 Å². The fourth-order valence-electron chi connectivity index (χ4n) is 3.53. The van der Waals surface area contributed by atoms with E-state index in [4.69, 9.17) is 0 Å². The summed E-state index contributed by atoms with van der Waals surface area (Å²) in [4.78, 5) is 2.57. The van der Waals surface area contributed by atoms with Gasteiger partial charge in [0.2, 0.25) is 0 Å². The average Bonchev–Trinajstić information content (AvgIpc) is 2.52. The minimum Gasteiger partial charge on any atom is -0.299 e. The van der Waals surface area contributed by atoms with Crippen LogP contribution in [0, 0.1) is 11.3 Å². The summed E-state index contributed by atoms with van der Waals surface area (Å²) in [6.45, 7) is 5.59. The predicted molar refractivity (Wildman–Crippen MR) is 86.9 cm³/mol. The Balaban J connectivity index is 2.12. The molecule has 0 spiro atoms. The van der Waals surface area contributed by atoms with Crippen LogP contribution in [-0.2, 0) is 5.54 Å². The average molecular weight is 285 g/mol. The molecule has 0 bridgehead atoms. The maximum absolute atomic E-state index is 9.76. The van der Waals surface area contributed by atoms with Gasteiger partial charge in [0.15, 0.2) is 0 Å². The maximum Gasteiger partial charge on any atom is 0.133 e. The van der Waals surface area contributed by atoms with E-state index in [1.807, 2.05) is 37.4 Å². The summed E-state index contributed by atoms with van der Waals surface area (Å²) < 4.78 is 0. The van der Waals surface area contributed by atoms with Crippen LogP contribution in [0.4, 0.5) is 0 Å². The smallest absolute Gasteiger partial charge is 0.133 e. The van der Waals surface area contributed by atoms with Gasteiger partial charge in [-0.3, -0.25) is 10.2 Å². The van der Waals surface area contributed by atoms with Crippen molar-refractivity contribution < 1.29 is 0 Å². The lowest BCUT2D eigenvalue weighted by Crippen LogP contribution is -2.48. The molecule has 1 aromatic rings. The second kappa shape index (κ2) is 7.06. The Morgan fingerprint density at radius 1 is 1.24 bits per heavy atom. The predicted octanol–water partition coefficient (Wildman–Crippen LogP) is 3.28. The van der Waals surface area contributed by atoms with Gasteiger partial charge in [-0.25, -0.2) is 0 Å². The van der Waals surface area contributed by atoms with Crippen molar-refractivity contribution in [3.63, 3.8) is 0 Å². The van der Waals surface area contributed by atoms with Crippen molar-refractivity contribution in [3.8, 4) is 6.07 Å². The van der Waals surface area contributed by atoms with Gasteiger partial charge >= 0.3 is 0 Å². The SMILES string of the molecule is CNC(C#N)(CCN1C(C)CCCC1C)c1ccccc1. The third-order valence-electron chi connectivity index (χ3n) is 5.01. The van der Waals surface area contributed by atoms with E-state index in [9.17, 15) is 5.26 Å². The van der Waals surface area contributed by atoms with Crippen molar-refractivity contribution in [1.82, 2.24) is 10.2 Å². The quantitative estimate of drug-likeness (QED) is 0.902. The Bertz CT molecular complexity index is 469. The van der Waals surface area contributed by atoms with Crippen LogP contribution in [0.25, 0.3) is 0 Å². The molecule has 3 atom stereocenters. The number of nitrogens with zero attached hydrogens (tertiary/aromatic N) is 2. The molecule has 0 aromatic heterocycles. The number of nitrogens with one attached hydrogen (secondary N) is 1. The van der Waals surface area contributed by atoms with E-state index in [0.29, 0.717) is 12.1 Å². The zero-order valence-electron chi connectivity index (χ0n) is 13.5. The molecular formula is C18H27N3. The van der Waals surface area contributed by atoms with E-state index in [0.717, 1.165) is 18.5 Å². The van der Waals surface area contributed by atoms with Gasteiger partial charge in [0, 0.05) is 18.6 Å². The Labute approximate surface area is 129 Å². The summed E-state index contributed by atoms with van der Waals surface area (Å²) in [6, 6.07) is 13.9. The third-order valence-corrected chi connectivity index (χ3v) is 5.01. The molecule has 1 heterocycles. The lowest BCUT2D eigenvalue weighted by Gasteiger charge is -2.40. The number of rotatable bonds is 5. The Morgan fingerprint density at radius 2 is 1.86 bits per heavy atom. The van der Waals surface area contributed by atoms with Gasteiger partial charge in [-0.15, -0.1) is 0 Å². The summed E-state index contributed by atoms with van der Waals surface area (Å²) in [5.74, 6) is 0. The monoisotopic (exact) mass is 285 g/mol. The van der Waals surface area contributed by atoms with E-state index in [-0.39, 0.29) is 0 Å². The summed E-state index contributed by atoms with van der Waals surface area (Å²) in [7, 11) is 1.89. The van der Waals surface area contributed by atoms with Crippen molar-refractivity contribution in [2.75, 3.05) is 13.6 Å². The third kappa shape index (κ3) is 3.45. The molecule has 0 amide bonds. The van der Waals surface area contributed by atoms with Crippen LogP contribution in [0.15, 0.2) is 30.3 Å². The van der Waals surface area contributed by atoms with Gasteiger partial charge in [-0.1, -0.05) is 36.8 Å². The van der Waals surface area contributed by atoms with Gasteiger partial charge in [0.25, 0.3) is 0 Å². The second-order valence-corrected chi connectivity index (χ2v) is 6.25. The molecule has 0 saturated carbocycles. The first kappa shape index (κ1) is 16.0. The van der Waals surface area contributed by atoms with Crippen LogP contribution in [0.3, 0.4) is 0 Å².